The van der Waals surface area contributed by atoms with Gasteiger partial charge >= 0.3 is 0 Å². The van der Waals surface area contributed by atoms with Crippen molar-refractivity contribution in [2.75, 3.05) is 0 Å². The van der Waals surface area contributed by atoms with Gasteiger partial charge in [-0.05, 0) is 55.4 Å². The number of hydrogen-bond acceptors (Lipinski definition) is 0. The van der Waals surface area contributed by atoms with E-state index in [9.17, 15) is 0 Å². The Morgan fingerprint density at radius 2 is 1.50 bits per heavy atom. The average Bonchev–Trinajstić information content (AvgIpc) is 2.48. The van der Waals surface area contributed by atoms with Crippen molar-refractivity contribution >= 4 is 0 Å². The molecule has 0 nitrogen and oxygen atoms in total. The molecule has 0 saturated heterocycles. The van der Waals surface area contributed by atoms with E-state index in [2.05, 4.69) is 42.2 Å². The second-order valence-corrected chi connectivity index (χ2v) is 7.09. The first-order valence-electron chi connectivity index (χ1n) is 7.75. The van der Waals surface area contributed by atoms with Gasteiger partial charge in [-0.25, -0.2) is 0 Å². The summed E-state index contributed by atoms with van der Waals surface area (Å²) in [6.45, 7) is 0. The molecule has 20 heavy (non-hydrogen) atoms. The van der Waals surface area contributed by atoms with E-state index in [-0.39, 0.29) is 10.8 Å². The van der Waals surface area contributed by atoms with E-state index in [0.717, 1.165) is 11.8 Å². The molecule has 0 heterocycles. The predicted molar refractivity (Wildman–Crippen MR) is 81.8 cm³/mol. The molecule has 1 aromatic rings. The first-order chi connectivity index (χ1) is 9.74. The van der Waals surface area contributed by atoms with Gasteiger partial charge in [0.1, 0.15) is 5.41 Å². The molecule has 4 aliphatic carbocycles. The summed E-state index contributed by atoms with van der Waals surface area (Å²) in [5, 5.41) is 0. The Morgan fingerprint density at radius 3 is 2.05 bits per heavy atom. The van der Waals surface area contributed by atoms with Gasteiger partial charge in [0, 0.05) is 5.41 Å². The SMILES string of the molecule is C#CC1(C#C)C2CC3CC(C2)CC1(c1ccccc1)C3. The van der Waals surface area contributed by atoms with Crippen molar-refractivity contribution in [1.29, 1.82) is 0 Å². The van der Waals surface area contributed by atoms with E-state index in [0.29, 0.717) is 5.92 Å². The molecule has 0 amide bonds. The van der Waals surface area contributed by atoms with Crippen molar-refractivity contribution in [2.24, 2.45) is 23.2 Å². The van der Waals surface area contributed by atoms with Gasteiger partial charge in [-0.3, -0.25) is 0 Å². The summed E-state index contributed by atoms with van der Waals surface area (Å²) in [7, 11) is 0. The fourth-order valence-electron chi connectivity index (χ4n) is 5.81. The molecule has 1 aromatic carbocycles. The molecule has 4 saturated carbocycles. The fourth-order valence-corrected chi connectivity index (χ4v) is 5.81. The third kappa shape index (κ3) is 1.26. The number of terminal acetylenes is 2. The molecule has 5 rings (SSSR count). The zero-order valence-corrected chi connectivity index (χ0v) is 11.8. The lowest BCUT2D eigenvalue weighted by atomic mass is 9.38. The third-order valence-electron chi connectivity index (χ3n) is 6.33. The van der Waals surface area contributed by atoms with Crippen LogP contribution in [-0.4, -0.2) is 0 Å². The van der Waals surface area contributed by atoms with Crippen LogP contribution >= 0.6 is 0 Å². The topological polar surface area (TPSA) is 0 Å². The van der Waals surface area contributed by atoms with Crippen LogP contribution in [0.25, 0.3) is 0 Å². The highest BCUT2D eigenvalue weighted by Crippen LogP contribution is 2.68. The van der Waals surface area contributed by atoms with Crippen molar-refractivity contribution in [3.05, 3.63) is 35.9 Å². The molecule has 0 N–H and O–H groups in total. The van der Waals surface area contributed by atoms with Crippen molar-refractivity contribution in [1.82, 2.24) is 0 Å². The molecule has 0 spiro atoms. The summed E-state index contributed by atoms with van der Waals surface area (Å²) < 4.78 is 0. The molecular weight excluding hydrogens is 240 g/mol. The lowest BCUT2D eigenvalue weighted by molar-refractivity contribution is -0.0710. The quantitative estimate of drug-likeness (QED) is 0.669. The van der Waals surface area contributed by atoms with Crippen LogP contribution in [0.3, 0.4) is 0 Å². The van der Waals surface area contributed by atoms with E-state index in [1.807, 2.05) is 0 Å². The second-order valence-electron chi connectivity index (χ2n) is 7.09. The van der Waals surface area contributed by atoms with Gasteiger partial charge in [0.25, 0.3) is 0 Å². The van der Waals surface area contributed by atoms with Crippen molar-refractivity contribution < 1.29 is 0 Å². The van der Waals surface area contributed by atoms with Gasteiger partial charge < -0.3 is 0 Å². The lowest BCUT2D eigenvalue weighted by Gasteiger charge is -2.64. The largest absolute Gasteiger partial charge is 0.118 e. The normalized spacial score (nSPS) is 40.0. The van der Waals surface area contributed by atoms with E-state index in [1.165, 1.54) is 37.7 Å². The minimum absolute atomic E-state index is 0.0342. The maximum Gasteiger partial charge on any atom is 0.104 e. The maximum atomic E-state index is 6.03. The predicted octanol–water partition coefficient (Wildman–Crippen LogP) is 4.02. The molecular formula is C20H20. The zero-order valence-electron chi connectivity index (χ0n) is 11.8. The molecule has 100 valence electrons. The van der Waals surface area contributed by atoms with Gasteiger partial charge in [0.2, 0.25) is 0 Å². The van der Waals surface area contributed by atoms with Gasteiger partial charge in [-0.15, -0.1) is 12.8 Å². The monoisotopic (exact) mass is 260 g/mol. The standard InChI is InChI=1S/C20H20/c1-3-19(4-2)18-11-15-10-16(12-18)14-20(19,13-15)17-8-6-5-7-9-17/h1-2,5-9,15-16,18H,10-14H2. The first-order valence-corrected chi connectivity index (χ1v) is 7.75. The lowest BCUT2D eigenvalue weighted by Crippen LogP contribution is -2.61. The number of rotatable bonds is 1. The summed E-state index contributed by atoms with van der Waals surface area (Å²) in [4.78, 5) is 0. The fraction of sp³-hybridized carbons (Fsp3) is 0.500. The number of hydrogen-bond donors (Lipinski definition) is 0. The summed E-state index contributed by atoms with van der Waals surface area (Å²) >= 11 is 0. The molecule has 2 unspecified atom stereocenters. The van der Waals surface area contributed by atoms with Crippen LogP contribution in [0.2, 0.25) is 0 Å². The van der Waals surface area contributed by atoms with Gasteiger partial charge in [0.05, 0.1) is 0 Å². The average molecular weight is 260 g/mol. The summed E-state index contributed by atoms with van der Waals surface area (Å²) in [5.74, 6) is 8.43. The van der Waals surface area contributed by atoms with Crippen molar-refractivity contribution in [2.45, 2.75) is 37.5 Å². The Balaban J connectivity index is 1.95. The van der Waals surface area contributed by atoms with Crippen LogP contribution in [0, 0.1) is 47.9 Å². The Labute approximate surface area is 122 Å². The van der Waals surface area contributed by atoms with E-state index in [1.54, 1.807) is 0 Å². The van der Waals surface area contributed by atoms with Crippen LogP contribution in [0.15, 0.2) is 30.3 Å². The zero-order chi connectivity index (χ0) is 13.8. The smallest absolute Gasteiger partial charge is 0.104 e. The minimum Gasteiger partial charge on any atom is -0.118 e. The van der Waals surface area contributed by atoms with Crippen molar-refractivity contribution in [3.8, 4) is 24.7 Å². The molecule has 0 heteroatoms. The number of benzene rings is 1. The molecule has 0 aliphatic heterocycles. The Hall–Kier alpha value is -1.66. The van der Waals surface area contributed by atoms with Gasteiger partial charge in [-0.1, -0.05) is 42.2 Å². The highest BCUT2D eigenvalue weighted by molar-refractivity contribution is 5.44. The van der Waals surface area contributed by atoms with Crippen LogP contribution in [0.1, 0.15) is 37.7 Å². The van der Waals surface area contributed by atoms with Crippen molar-refractivity contribution in [3.63, 3.8) is 0 Å². The maximum absolute atomic E-state index is 6.03. The highest BCUT2D eigenvalue weighted by atomic mass is 14.7. The van der Waals surface area contributed by atoms with Crippen LogP contribution < -0.4 is 0 Å². The Bertz CT molecular complexity index is 582. The molecule has 4 aliphatic rings. The minimum atomic E-state index is -0.359. The molecule has 0 aromatic heterocycles. The van der Waals surface area contributed by atoms with Crippen LogP contribution in [-0.2, 0) is 5.41 Å². The van der Waals surface area contributed by atoms with Gasteiger partial charge in [-0.2, -0.15) is 0 Å². The summed E-state index contributed by atoms with van der Waals surface area (Å²) in [6.07, 6.45) is 18.3. The second kappa shape index (κ2) is 3.93. The van der Waals surface area contributed by atoms with E-state index in [4.69, 9.17) is 12.8 Å². The highest BCUT2D eigenvalue weighted by Gasteiger charge is 2.65. The molecule has 0 radical (unpaired) electrons. The summed E-state index contributed by atoms with van der Waals surface area (Å²) in [5.41, 5.74) is 1.06. The molecule has 4 bridgehead atoms. The Morgan fingerprint density at radius 1 is 0.900 bits per heavy atom. The summed E-state index contributed by atoms with van der Waals surface area (Å²) in [6, 6.07) is 10.8. The van der Waals surface area contributed by atoms with Crippen LogP contribution in [0.4, 0.5) is 0 Å². The van der Waals surface area contributed by atoms with E-state index >= 15 is 0 Å². The Kier molecular flexibility index (Phi) is 2.38. The van der Waals surface area contributed by atoms with Crippen LogP contribution in [0.5, 0.6) is 0 Å². The van der Waals surface area contributed by atoms with E-state index < -0.39 is 0 Å². The molecule has 4 fully saturated rings. The molecule has 2 atom stereocenters. The first kappa shape index (κ1) is 12.1. The third-order valence-corrected chi connectivity index (χ3v) is 6.33. The van der Waals surface area contributed by atoms with Gasteiger partial charge in [0.15, 0.2) is 0 Å².